The number of hydrogen-bond donors (Lipinski definition) is 0. The maximum Gasteiger partial charge on any atom is 0.233 e. The van der Waals surface area contributed by atoms with Crippen LogP contribution < -0.4 is 4.74 Å². The van der Waals surface area contributed by atoms with Gasteiger partial charge in [0.25, 0.3) is 0 Å². The molecule has 0 N–H and O–H groups in total. The van der Waals surface area contributed by atoms with Gasteiger partial charge in [-0.1, -0.05) is 11.8 Å². The van der Waals surface area contributed by atoms with Crippen LogP contribution in [-0.4, -0.2) is 51.5 Å². The lowest BCUT2D eigenvalue weighted by molar-refractivity contribution is -0.129. The molecule has 0 saturated carbocycles. The Bertz CT molecular complexity index is 693. The van der Waals surface area contributed by atoms with E-state index in [4.69, 9.17) is 4.74 Å². The van der Waals surface area contributed by atoms with Gasteiger partial charge in [0.2, 0.25) is 5.91 Å². The number of rotatable bonds is 5. The van der Waals surface area contributed by atoms with Crippen LogP contribution in [0, 0.1) is 6.92 Å². The maximum atomic E-state index is 12.3. The number of methoxy groups -OCH3 is 1. The minimum Gasteiger partial charge on any atom is -0.497 e. The van der Waals surface area contributed by atoms with Crippen molar-refractivity contribution in [2.75, 3.05) is 26.0 Å². The van der Waals surface area contributed by atoms with E-state index in [1.807, 2.05) is 40.7 Å². The summed E-state index contributed by atoms with van der Waals surface area (Å²) in [5.74, 6) is 2.18. The molecule has 1 aliphatic rings. The molecular formula is C17H22N4O2S. The number of ether oxygens (including phenoxy) is 1. The molecule has 0 radical (unpaired) electrons. The second-order valence-electron chi connectivity index (χ2n) is 5.79. The van der Waals surface area contributed by atoms with E-state index >= 15 is 0 Å². The summed E-state index contributed by atoms with van der Waals surface area (Å²) < 4.78 is 7.16. The van der Waals surface area contributed by atoms with Crippen LogP contribution in [-0.2, 0) is 4.79 Å². The highest BCUT2D eigenvalue weighted by Crippen LogP contribution is 2.24. The van der Waals surface area contributed by atoms with Gasteiger partial charge < -0.3 is 9.64 Å². The summed E-state index contributed by atoms with van der Waals surface area (Å²) in [6, 6.07) is 7.74. The number of carbonyl (C=O) groups is 1. The van der Waals surface area contributed by atoms with Gasteiger partial charge in [-0.05, 0) is 50.5 Å². The summed E-state index contributed by atoms with van der Waals surface area (Å²) in [4.78, 5) is 14.3. The van der Waals surface area contributed by atoms with Crippen molar-refractivity contribution in [1.29, 1.82) is 0 Å². The van der Waals surface area contributed by atoms with Crippen molar-refractivity contribution in [3.8, 4) is 11.4 Å². The average molecular weight is 346 g/mol. The molecule has 0 atom stereocenters. The standard InChI is InChI=1S/C17H22N4O2S/c1-13-18-19-17(21(13)14-6-8-15(23-2)9-7-14)24-12-16(22)20-10-4-3-5-11-20/h6-9H,3-5,10-12H2,1-2H3. The molecule has 1 aromatic heterocycles. The van der Waals surface area contributed by atoms with Crippen LogP contribution in [0.4, 0.5) is 0 Å². The quantitative estimate of drug-likeness (QED) is 0.779. The highest BCUT2D eigenvalue weighted by Gasteiger charge is 2.19. The van der Waals surface area contributed by atoms with E-state index in [1.54, 1.807) is 7.11 Å². The van der Waals surface area contributed by atoms with Crippen LogP contribution in [0.3, 0.4) is 0 Å². The maximum absolute atomic E-state index is 12.3. The number of thioether (sulfide) groups is 1. The third-order valence-corrected chi connectivity index (χ3v) is 5.07. The van der Waals surface area contributed by atoms with Gasteiger partial charge in [0, 0.05) is 18.8 Å². The normalized spacial score (nSPS) is 14.7. The Morgan fingerprint density at radius 1 is 1.17 bits per heavy atom. The Kier molecular flexibility index (Phi) is 5.40. The van der Waals surface area contributed by atoms with Crippen LogP contribution in [0.1, 0.15) is 25.1 Å². The molecule has 1 aliphatic heterocycles. The van der Waals surface area contributed by atoms with Gasteiger partial charge in [-0.2, -0.15) is 0 Å². The molecule has 1 saturated heterocycles. The van der Waals surface area contributed by atoms with Crippen LogP contribution in [0.2, 0.25) is 0 Å². The molecule has 2 heterocycles. The molecule has 7 heteroatoms. The minimum absolute atomic E-state index is 0.182. The third-order valence-electron chi connectivity index (χ3n) is 4.16. The first kappa shape index (κ1) is 16.8. The van der Waals surface area contributed by atoms with Gasteiger partial charge in [0.15, 0.2) is 5.16 Å². The lowest BCUT2D eigenvalue weighted by Gasteiger charge is -2.26. The number of carbonyl (C=O) groups excluding carboxylic acids is 1. The smallest absolute Gasteiger partial charge is 0.233 e. The van der Waals surface area contributed by atoms with Crippen LogP contribution in [0.5, 0.6) is 5.75 Å². The second kappa shape index (κ2) is 7.70. The Hall–Kier alpha value is -2.02. The van der Waals surface area contributed by atoms with E-state index in [-0.39, 0.29) is 5.91 Å². The van der Waals surface area contributed by atoms with Crippen molar-refractivity contribution in [3.63, 3.8) is 0 Å². The minimum atomic E-state index is 0.182. The van der Waals surface area contributed by atoms with Crippen molar-refractivity contribution < 1.29 is 9.53 Å². The number of hydrogen-bond acceptors (Lipinski definition) is 5. The van der Waals surface area contributed by atoms with Gasteiger partial charge in [-0.15, -0.1) is 10.2 Å². The molecule has 6 nitrogen and oxygen atoms in total. The van der Waals surface area contributed by atoms with Crippen molar-refractivity contribution in [1.82, 2.24) is 19.7 Å². The zero-order valence-corrected chi connectivity index (χ0v) is 14.9. The highest BCUT2D eigenvalue weighted by atomic mass is 32.2. The molecule has 24 heavy (non-hydrogen) atoms. The summed E-state index contributed by atoms with van der Waals surface area (Å²) in [7, 11) is 1.65. The fourth-order valence-corrected chi connectivity index (χ4v) is 3.73. The molecular weight excluding hydrogens is 324 g/mol. The van der Waals surface area contributed by atoms with Gasteiger partial charge in [-0.25, -0.2) is 0 Å². The number of aryl methyl sites for hydroxylation is 1. The molecule has 1 fully saturated rings. The Labute approximate surface area is 146 Å². The van der Waals surface area contributed by atoms with E-state index in [0.717, 1.165) is 48.3 Å². The molecule has 0 bridgehead atoms. The monoisotopic (exact) mass is 346 g/mol. The molecule has 2 aromatic rings. The van der Waals surface area contributed by atoms with E-state index in [0.29, 0.717) is 5.75 Å². The molecule has 0 aliphatic carbocycles. The predicted molar refractivity (Wildman–Crippen MR) is 93.8 cm³/mol. The molecule has 3 rings (SSSR count). The molecule has 0 spiro atoms. The molecule has 0 unspecified atom stereocenters. The first-order valence-corrected chi connectivity index (χ1v) is 9.14. The van der Waals surface area contributed by atoms with Gasteiger partial charge in [0.1, 0.15) is 11.6 Å². The summed E-state index contributed by atoms with van der Waals surface area (Å²) in [6.45, 7) is 3.67. The van der Waals surface area contributed by atoms with E-state index in [1.165, 1.54) is 18.2 Å². The zero-order valence-electron chi connectivity index (χ0n) is 14.1. The van der Waals surface area contributed by atoms with Crippen molar-refractivity contribution >= 4 is 17.7 Å². The van der Waals surface area contributed by atoms with Crippen LogP contribution in [0.25, 0.3) is 5.69 Å². The number of nitrogens with zero attached hydrogens (tertiary/aromatic N) is 4. The summed E-state index contributed by atoms with van der Waals surface area (Å²) in [5.41, 5.74) is 0.964. The number of benzene rings is 1. The fourth-order valence-electron chi connectivity index (χ4n) is 2.83. The number of amides is 1. The molecule has 1 amide bonds. The number of aromatic nitrogens is 3. The SMILES string of the molecule is COc1ccc(-n2c(C)nnc2SCC(=O)N2CCCCC2)cc1. The second-order valence-corrected chi connectivity index (χ2v) is 6.74. The van der Waals surface area contributed by atoms with Crippen molar-refractivity contribution in [2.24, 2.45) is 0 Å². The highest BCUT2D eigenvalue weighted by molar-refractivity contribution is 7.99. The largest absolute Gasteiger partial charge is 0.497 e. The Morgan fingerprint density at radius 2 is 1.88 bits per heavy atom. The van der Waals surface area contributed by atoms with E-state index in [9.17, 15) is 4.79 Å². The fraction of sp³-hybridized carbons (Fsp3) is 0.471. The Morgan fingerprint density at radius 3 is 2.54 bits per heavy atom. The van der Waals surface area contributed by atoms with Crippen molar-refractivity contribution in [3.05, 3.63) is 30.1 Å². The summed E-state index contributed by atoms with van der Waals surface area (Å²) in [6.07, 6.45) is 3.44. The van der Waals surface area contributed by atoms with Gasteiger partial charge >= 0.3 is 0 Å². The first-order chi connectivity index (χ1) is 11.7. The van der Waals surface area contributed by atoms with E-state index < -0.39 is 0 Å². The lowest BCUT2D eigenvalue weighted by atomic mass is 10.1. The van der Waals surface area contributed by atoms with Crippen molar-refractivity contribution in [2.45, 2.75) is 31.3 Å². The third kappa shape index (κ3) is 3.72. The zero-order chi connectivity index (χ0) is 16.9. The number of piperidine rings is 1. The number of likely N-dealkylation sites (tertiary alicyclic amines) is 1. The van der Waals surface area contributed by atoms with Crippen LogP contribution >= 0.6 is 11.8 Å². The summed E-state index contributed by atoms with van der Waals surface area (Å²) >= 11 is 1.44. The molecule has 1 aromatic carbocycles. The average Bonchev–Trinajstić information content (AvgIpc) is 3.01. The predicted octanol–water partition coefficient (Wildman–Crippen LogP) is 2.69. The first-order valence-electron chi connectivity index (χ1n) is 8.16. The van der Waals surface area contributed by atoms with Crippen LogP contribution in [0.15, 0.2) is 29.4 Å². The van der Waals surface area contributed by atoms with Gasteiger partial charge in [0.05, 0.1) is 12.9 Å². The van der Waals surface area contributed by atoms with E-state index in [2.05, 4.69) is 10.2 Å². The molecule has 128 valence electrons. The topological polar surface area (TPSA) is 60.2 Å². The van der Waals surface area contributed by atoms with Gasteiger partial charge in [-0.3, -0.25) is 9.36 Å². The Balaban J connectivity index is 1.71. The summed E-state index contributed by atoms with van der Waals surface area (Å²) in [5, 5.41) is 9.13. The lowest BCUT2D eigenvalue weighted by Crippen LogP contribution is -2.36.